The fourth-order valence-electron chi connectivity index (χ4n) is 6.47. The van der Waals surface area contributed by atoms with Crippen LogP contribution in [0.25, 0.3) is 43.1 Å². The molecule has 0 spiro atoms. The highest BCUT2D eigenvalue weighted by atomic mass is 16.4. The van der Waals surface area contributed by atoms with Gasteiger partial charge in [-0.2, -0.15) is 0 Å². The molecular weight excluding hydrogens is 580 g/mol. The molecule has 224 valence electrons. The molecule has 4 N–H and O–H groups in total. The first-order valence-electron chi connectivity index (χ1n) is 14.6. The highest BCUT2D eigenvalue weighted by Gasteiger charge is 2.34. The predicted molar refractivity (Wildman–Crippen MR) is 177 cm³/mol. The summed E-state index contributed by atoms with van der Waals surface area (Å²) in [5.74, 6) is -4.34. The molecule has 0 bridgehead atoms. The molecule has 0 aliphatic heterocycles. The van der Waals surface area contributed by atoms with Crippen molar-refractivity contribution >= 4 is 66.8 Å². The van der Waals surface area contributed by atoms with Gasteiger partial charge in [-0.3, -0.25) is 9.59 Å². The van der Waals surface area contributed by atoms with Crippen molar-refractivity contribution in [2.75, 3.05) is 0 Å². The molecule has 46 heavy (non-hydrogen) atoms. The maximum Gasteiger partial charge on any atom is 0.337 e. The van der Waals surface area contributed by atoms with E-state index in [0.717, 1.165) is 27.3 Å². The molecule has 0 radical (unpaired) electrons. The lowest BCUT2D eigenvalue weighted by atomic mass is 9.81. The zero-order chi connectivity index (χ0) is 31.9. The average Bonchev–Trinajstić information content (AvgIpc) is 3.08. The third kappa shape index (κ3) is 4.64. The van der Waals surface area contributed by atoms with Gasteiger partial charge in [-0.1, -0.05) is 103 Å². The molecule has 8 nitrogen and oxygen atoms in total. The summed E-state index contributed by atoms with van der Waals surface area (Å²) >= 11 is 0. The van der Waals surface area contributed by atoms with Crippen LogP contribution >= 0.6 is 0 Å². The number of aromatic carboxylic acids is 2. The number of amides is 2. The van der Waals surface area contributed by atoms with E-state index in [-0.39, 0.29) is 29.6 Å². The zero-order valence-electron chi connectivity index (χ0n) is 24.3. The van der Waals surface area contributed by atoms with Crippen molar-refractivity contribution in [2.45, 2.75) is 13.1 Å². The number of nitrogens with one attached hydrogen (secondary N) is 2. The molecule has 0 unspecified atom stereocenters. The Hall–Kier alpha value is -6.28. The Morgan fingerprint density at radius 1 is 0.457 bits per heavy atom. The lowest BCUT2D eigenvalue weighted by Gasteiger charge is -2.23. The van der Waals surface area contributed by atoms with Crippen LogP contribution in [-0.2, 0) is 13.1 Å². The fraction of sp³-hybridized carbons (Fsp3) is 0.0526. The maximum absolute atomic E-state index is 14.4. The first-order chi connectivity index (χ1) is 22.3. The fourth-order valence-corrected chi connectivity index (χ4v) is 6.47. The minimum atomic E-state index is -1.52. The molecule has 0 saturated heterocycles. The second-order valence-electron chi connectivity index (χ2n) is 11.1. The molecular formula is C38H26N2O6. The van der Waals surface area contributed by atoms with E-state index in [0.29, 0.717) is 21.5 Å². The van der Waals surface area contributed by atoms with E-state index < -0.39 is 34.9 Å². The third-order valence-corrected chi connectivity index (χ3v) is 8.41. The van der Waals surface area contributed by atoms with Crippen molar-refractivity contribution in [1.82, 2.24) is 10.6 Å². The largest absolute Gasteiger partial charge is 0.478 e. The first-order valence-corrected chi connectivity index (χ1v) is 14.6. The van der Waals surface area contributed by atoms with Gasteiger partial charge in [-0.25, -0.2) is 9.59 Å². The summed E-state index contributed by atoms with van der Waals surface area (Å²) < 4.78 is 0. The smallest absolute Gasteiger partial charge is 0.337 e. The number of rotatable bonds is 8. The van der Waals surface area contributed by atoms with Gasteiger partial charge in [0.25, 0.3) is 11.8 Å². The Labute approximate surface area is 262 Å². The summed E-state index contributed by atoms with van der Waals surface area (Å²) in [6.45, 7) is 0.175. The van der Waals surface area contributed by atoms with Gasteiger partial charge in [0.05, 0.1) is 22.3 Å². The van der Waals surface area contributed by atoms with Crippen LogP contribution in [0.1, 0.15) is 52.6 Å². The van der Waals surface area contributed by atoms with Crippen LogP contribution in [-0.4, -0.2) is 34.0 Å². The summed E-state index contributed by atoms with van der Waals surface area (Å²) in [7, 11) is 0. The summed E-state index contributed by atoms with van der Waals surface area (Å²) in [6, 6.07) is 32.6. The second kappa shape index (κ2) is 11.3. The Bertz CT molecular complexity index is 2340. The van der Waals surface area contributed by atoms with Crippen molar-refractivity contribution in [1.29, 1.82) is 0 Å². The van der Waals surface area contributed by atoms with Gasteiger partial charge in [0, 0.05) is 23.9 Å². The van der Waals surface area contributed by atoms with Crippen LogP contribution in [0.3, 0.4) is 0 Å². The standard InChI is InChI=1S/C38H26N2O6/c41-35(39-19-21-9-3-1-4-10-21)32-30-26-16-8-14-23-13-7-15-24(28(23)26)25-17-18-27(37(43)44)31(29(25)30)34(38(45)46)33(32)36(42)40-20-22-11-5-2-6-12-22/h1-18H,19-20H2,(H,39,41)(H,40,42)(H,43,44)(H,45,46). The number of hydrogen-bond acceptors (Lipinski definition) is 4. The number of hydrogen-bond donors (Lipinski definition) is 4. The maximum atomic E-state index is 14.4. The van der Waals surface area contributed by atoms with Crippen LogP contribution < -0.4 is 10.6 Å². The Kier molecular flexibility index (Phi) is 7.02. The molecule has 0 saturated carbocycles. The highest BCUT2D eigenvalue weighted by Crippen LogP contribution is 2.45. The molecule has 0 fully saturated rings. The first kappa shape index (κ1) is 28.5. The third-order valence-electron chi connectivity index (χ3n) is 8.41. The van der Waals surface area contributed by atoms with Gasteiger partial charge in [-0.15, -0.1) is 0 Å². The van der Waals surface area contributed by atoms with E-state index in [1.807, 2.05) is 97.1 Å². The number of carboxylic acid groups (broad SMARTS) is 2. The van der Waals surface area contributed by atoms with Crippen LogP contribution in [0.5, 0.6) is 0 Å². The number of carboxylic acids is 2. The van der Waals surface area contributed by atoms with Crippen LogP contribution in [0.4, 0.5) is 0 Å². The molecule has 0 heterocycles. The average molecular weight is 607 g/mol. The Balaban J connectivity index is 1.62. The number of benzene rings is 7. The molecule has 0 aliphatic rings. The van der Waals surface area contributed by atoms with Crippen molar-refractivity contribution in [3.8, 4) is 0 Å². The summed E-state index contributed by atoms with van der Waals surface area (Å²) in [6.07, 6.45) is 0. The van der Waals surface area contributed by atoms with Gasteiger partial charge >= 0.3 is 11.9 Å². The lowest BCUT2D eigenvalue weighted by Crippen LogP contribution is -2.31. The van der Waals surface area contributed by atoms with E-state index in [2.05, 4.69) is 10.6 Å². The molecule has 0 aliphatic carbocycles. The summed E-state index contributed by atoms with van der Waals surface area (Å²) in [5.41, 5.74) is 0.222. The number of fused-ring (bicyclic) bond motifs is 2. The highest BCUT2D eigenvalue weighted by molar-refractivity contribution is 6.40. The Morgan fingerprint density at radius 3 is 1.57 bits per heavy atom. The minimum Gasteiger partial charge on any atom is -0.478 e. The SMILES string of the molecule is O=C(NCc1ccccc1)c1c(C(=O)O)c2c(C(=O)O)ccc3c4cccc5cccc(c(c1C(=O)NCc1ccccc1)c23)c54. The van der Waals surface area contributed by atoms with Gasteiger partial charge in [0.1, 0.15) is 0 Å². The molecule has 8 heteroatoms. The topological polar surface area (TPSA) is 133 Å². The second-order valence-corrected chi connectivity index (χ2v) is 11.1. The lowest BCUT2D eigenvalue weighted by molar-refractivity contribution is 0.0692. The van der Waals surface area contributed by atoms with E-state index in [1.165, 1.54) is 6.07 Å². The van der Waals surface area contributed by atoms with Crippen molar-refractivity contribution in [3.05, 3.63) is 143 Å². The molecule has 0 atom stereocenters. The van der Waals surface area contributed by atoms with Gasteiger partial charge in [0.2, 0.25) is 0 Å². The zero-order valence-corrected chi connectivity index (χ0v) is 24.3. The molecule has 7 aromatic rings. The molecule has 0 aromatic heterocycles. The van der Waals surface area contributed by atoms with E-state index in [9.17, 15) is 29.4 Å². The monoisotopic (exact) mass is 606 g/mol. The van der Waals surface area contributed by atoms with Gasteiger partial charge < -0.3 is 20.8 Å². The predicted octanol–water partition coefficient (Wildman–Crippen LogP) is 6.99. The quantitative estimate of drug-likeness (QED) is 0.109. The molecule has 7 aromatic carbocycles. The van der Waals surface area contributed by atoms with Crippen molar-refractivity contribution < 1.29 is 29.4 Å². The van der Waals surface area contributed by atoms with Crippen LogP contribution in [0, 0.1) is 0 Å². The van der Waals surface area contributed by atoms with Gasteiger partial charge in [-0.05, 0) is 49.5 Å². The van der Waals surface area contributed by atoms with Crippen LogP contribution in [0.2, 0.25) is 0 Å². The minimum absolute atomic E-state index is 0.0570. The Morgan fingerprint density at radius 2 is 1.00 bits per heavy atom. The van der Waals surface area contributed by atoms with E-state index >= 15 is 0 Å². The molecule has 2 amide bonds. The van der Waals surface area contributed by atoms with Crippen LogP contribution in [0.15, 0.2) is 109 Å². The molecule has 7 rings (SSSR count). The van der Waals surface area contributed by atoms with E-state index in [1.54, 1.807) is 6.07 Å². The normalized spacial score (nSPS) is 11.3. The van der Waals surface area contributed by atoms with Crippen molar-refractivity contribution in [2.24, 2.45) is 0 Å². The van der Waals surface area contributed by atoms with Crippen molar-refractivity contribution in [3.63, 3.8) is 0 Å². The summed E-state index contributed by atoms with van der Waals surface area (Å²) in [4.78, 5) is 54.5. The van der Waals surface area contributed by atoms with E-state index in [4.69, 9.17) is 0 Å². The summed E-state index contributed by atoms with van der Waals surface area (Å²) in [5, 5.41) is 30.9. The number of carbonyl (C=O) groups excluding carboxylic acids is 2. The van der Waals surface area contributed by atoms with Gasteiger partial charge in [0.15, 0.2) is 0 Å². The number of carbonyl (C=O) groups is 4.